The predicted molar refractivity (Wildman–Crippen MR) is 116 cm³/mol. The van der Waals surface area contributed by atoms with E-state index in [2.05, 4.69) is 5.32 Å². The lowest BCUT2D eigenvalue weighted by molar-refractivity contribution is 0.102. The number of carbonyl (C=O) groups excluding carboxylic acids is 1. The van der Waals surface area contributed by atoms with Gasteiger partial charge in [0.05, 0.1) is 20.8 Å². The lowest BCUT2D eigenvalue weighted by Gasteiger charge is -2.14. The zero-order valence-electron chi connectivity index (χ0n) is 17.3. The Kier molecular flexibility index (Phi) is 7.16. The molecule has 0 aliphatic heterocycles. The van der Waals surface area contributed by atoms with E-state index in [0.717, 1.165) is 5.56 Å². The van der Waals surface area contributed by atoms with Crippen molar-refractivity contribution in [1.82, 2.24) is 0 Å². The van der Waals surface area contributed by atoms with E-state index in [1.54, 1.807) is 50.6 Å². The van der Waals surface area contributed by atoms with E-state index in [1.807, 2.05) is 37.3 Å². The van der Waals surface area contributed by atoms with Crippen molar-refractivity contribution in [3.05, 3.63) is 77.9 Å². The summed E-state index contributed by atoms with van der Waals surface area (Å²) in [6.45, 7) is 2.84. The summed E-state index contributed by atoms with van der Waals surface area (Å²) < 4.78 is 22.1. The summed E-state index contributed by atoms with van der Waals surface area (Å²) in [5.41, 5.74) is 2.10. The summed E-state index contributed by atoms with van der Waals surface area (Å²) in [5, 5.41) is 2.86. The molecular weight excluding hydrogens is 382 g/mol. The first-order valence-corrected chi connectivity index (χ1v) is 9.61. The van der Waals surface area contributed by atoms with Gasteiger partial charge in [-0.1, -0.05) is 30.3 Å². The first-order chi connectivity index (χ1) is 14.6. The molecule has 0 spiro atoms. The minimum absolute atomic E-state index is 0.269. The molecule has 0 atom stereocenters. The van der Waals surface area contributed by atoms with Crippen molar-refractivity contribution in [2.75, 3.05) is 26.1 Å². The zero-order chi connectivity index (χ0) is 21.3. The van der Waals surface area contributed by atoms with Crippen LogP contribution in [-0.2, 0) is 6.61 Å². The van der Waals surface area contributed by atoms with Crippen molar-refractivity contribution in [1.29, 1.82) is 0 Å². The Balaban J connectivity index is 1.71. The standard InChI is InChI=1S/C24H25NO5/c1-4-29-20-13-11-19(15-23(20)28-3)25-24(26)18-10-12-21(22(14-18)27-2)30-16-17-8-6-5-7-9-17/h5-15H,4,16H2,1-3H3,(H,25,26). The van der Waals surface area contributed by atoms with E-state index in [1.165, 1.54) is 0 Å². The number of methoxy groups -OCH3 is 2. The molecule has 0 aliphatic carbocycles. The largest absolute Gasteiger partial charge is 0.493 e. The van der Waals surface area contributed by atoms with Crippen LogP contribution in [0.4, 0.5) is 5.69 Å². The van der Waals surface area contributed by atoms with E-state index in [4.69, 9.17) is 18.9 Å². The second kappa shape index (κ2) is 10.2. The second-order valence-corrected chi connectivity index (χ2v) is 6.39. The number of carbonyl (C=O) groups is 1. The van der Waals surface area contributed by atoms with Gasteiger partial charge in [0.2, 0.25) is 0 Å². The van der Waals surface area contributed by atoms with Gasteiger partial charge in [-0.05, 0) is 42.8 Å². The van der Waals surface area contributed by atoms with Crippen LogP contribution in [0, 0.1) is 0 Å². The van der Waals surface area contributed by atoms with Crippen LogP contribution in [0.15, 0.2) is 66.7 Å². The number of hydrogen-bond donors (Lipinski definition) is 1. The Morgan fingerprint density at radius 3 is 2.17 bits per heavy atom. The van der Waals surface area contributed by atoms with E-state index in [0.29, 0.717) is 47.5 Å². The summed E-state index contributed by atoms with van der Waals surface area (Å²) in [6, 6.07) is 20.2. The van der Waals surface area contributed by atoms with Gasteiger partial charge in [0.15, 0.2) is 23.0 Å². The summed E-state index contributed by atoms with van der Waals surface area (Å²) in [4.78, 5) is 12.7. The molecule has 0 unspecified atom stereocenters. The lowest BCUT2D eigenvalue weighted by Crippen LogP contribution is -2.12. The minimum Gasteiger partial charge on any atom is -0.493 e. The van der Waals surface area contributed by atoms with Gasteiger partial charge in [-0.25, -0.2) is 0 Å². The zero-order valence-corrected chi connectivity index (χ0v) is 17.3. The van der Waals surface area contributed by atoms with Crippen LogP contribution >= 0.6 is 0 Å². The minimum atomic E-state index is -0.269. The van der Waals surface area contributed by atoms with E-state index >= 15 is 0 Å². The van der Waals surface area contributed by atoms with Gasteiger partial charge in [-0.15, -0.1) is 0 Å². The third kappa shape index (κ3) is 5.23. The van der Waals surface area contributed by atoms with Crippen LogP contribution in [0.5, 0.6) is 23.0 Å². The smallest absolute Gasteiger partial charge is 0.255 e. The van der Waals surface area contributed by atoms with Crippen molar-refractivity contribution in [2.24, 2.45) is 0 Å². The van der Waals surface area contributed by atoms with Crippen molar-refractivity contribution in [2.45, 2.75) is 13.5 Å². The van der Waals surface area contributed by atoms with Crippen molar-refractivity contribution in [3.8, 4) is 23.0 Å². The highest BCUT2D eigenvalue weighted by molar-refractivity contribution is 6.04. The number of benzene rings is 3. The fourth-order valence-electron chi connectivity index (χ4n) is 2.89. The topological polar surface area (TPSA) is 66.0 Å². The molecule has 0 heterocycles. The summed E-state index contributed by atoms with van der Waals surface area (Å²) >= 11 is 0. The van der Waals surface area contributed by atoms with Gasteiger partial charge in [0.1, 0.15) is 6.61 Å². The first kappa shape index (κ1) is 21.0. The first-order valence-electron chi connectivity index (χ1n) is 9.61. The molecular formula is C24H25NO5. The Labute approximate surface area is 176 Å². The van der Waals surface area contributed by atoms with E-state index < -0.39 is 0 Å². The van der Waals surface area contributed by atoms with Crippen LogP contribution < -0.4 is 24.3 Å². The maximum Gasteiger partial charge on any atom is 0.255 e. The lowest BCUT2D eigenvalue weighted by atomic mass is 10.1. The Hall–Kier alpha value is -3.67. The van der Waals surface area contributed by atoms with Crippen LogP contribution in [0.2, 0.25) is 0 Å². The van der Waals surface area contributed by atoms with Gasteiger partial charge in [-0.3, -0.25) is 4.79 Å². The molecule has 0 radical (unpaired) electrons. The van der Waals surface area contributed by atoms with Crippen LogP contribution in [0.25, 0.3) is 0 Å². The third-order valence-electron chi connectivity index (χ3n) is 4.38. The van der Waals surface area contributed by atoms with E-state index in [-0.39, 0.29) is 5.91 Å². The number of hydrogen-bond acceptors (Lipinski definition) is 5. The maximum atomic E-state index is 12.7. The van der Waals surface area contributed by atoms with Crippen LogP contribution in [0.1, 0.15) is 22.8 Å². The van der Waals surface area contributed by atoms with Crippen molar-refractivity contribution >= 4 is 11.6 Å². The maximum absolute atomic E-state index is 12.7. The molecule has 0 fully saturated rings. The van der Waals surface area contributed by atoms with Crippen LogP contribution in [0.3, 0.4) is 0 Å². The van der Waals surface area contributed by atoms with Crippen molar-refractivity contribution < 1.29 is 23.7 Å². The SMILES string of the molecule is CCOc1ccc(NC(=O)c2ccc(OCc3ccccc3)c(OC)c2)cc1OC. The third-order valence-corrected chi connectivity index (χ3v) is 4.38. The molecule has 156 valence electrons. The summed E-state index contributed by atoms with van der Waals surface area (Å²) in [7, 11) is 3.10. The number of nitrogens with one attached hydrogen (secondary N) is 1. The molecule has 6 nitrogen and oxygen atoms in total. The normalized spacial score (nSPS) is 10.2. The molecule has 3 rings (SSSR count). The Bertz CT molecular complexity index is 988. The van der Waals surface area contributed by atoms with Crippen LogP contribution in [-0.4, -0.2) is 26.7 Å². The number of rotatable bonds is 9. The molecule has 6 heteroatoms. The van der Waals surface area contributed by atoms with Gasteiger partial charge >= 0.3 is 0 Å². The molecule has 0 saturated heterocycles. The molecule has 1 N–H and O–H groups in total. The summed E-state index contributed by atoms with van der Waals surface area (Å²) in [5.74, 6) is 1.97. The molecule has 30 heavy (non-hydrogen) atoms. The highest BCUT2D eigenvalue weighted by atomic mass is 16.5. The second-order valence-electron chi connectivity index (χ2n) is 6.39. The highest BCUT2D eigenvalue weighted by Crippen LogP contribution is 2.32. The van der Waals surface area contributed by atoms with Gasteiger partial charge in [0, 0.05) is 17.3 Å². The quantitative estimate of drug-likeness (QED) is 0.545. The molecule has 3 aromatic carbocycles. The molecule has 0 aromatic heterocycles. The predicted octanol–water partition coefficient (Wildman–Crippen LogP) is 4.93. The molecule has 0 saturated carbocycles. The molecule has 0 aliphatic rings. The number of amides is 1. The van der Waals surface area contributed by atoms with Crippen molar-refractivity contribution in [3.63, 3.8) is 0 Å². The monoisotopic (exact) mass is 407 g/mol. The molecule has 1 amide bonds. The average molecular weight is 407 g/mol. The fourth-order valence-corrected chi connectivity index (χ4v) is 2.89. The number of anilines is 1. The molecule has 0 bridgehead atoms. The number of ether oxygens (including phenoxy) is 4. The van der Waals surface area contributed by atoms with Gasteiger partial charge in [0.25, 0.3) is 5.91 Å². The molecule has 3 aromatic rings. The Morgan fingerprint density at radius 2 is 1.47 bits per heavy atom. The average Bonchev–Trinajstić information content (AvgIpc) is 2.79. The highest BCUT2D eigenvalue weighted by Gasteiger charge is 2.13. The van der Waals surface area contributed by atoms with Gasteiger partial charge in [-0.2, -0.15) is 0 Å². The Morgan fingerprint density at radius 1 is 0.800 bits per heavy atom. The van der Waals surface area contributed by atoms with E-state index in [9.17, 15) is 4.79 Å². The van der Waals surface area contributed by atoms with Gasteiger partial charge < -0.3 is 24.3 Å². The fraction of sp³-hybridized carbons (Fsp3) is 0.208. The summed E-state index contributed by atoms with van der Waals surface area (Å²) in [6.07, 6.45) is 0.